The molecule has 0 aliphatic heterocycles. The molecule has 4 nitrogen and oxygen atoms in total. The summed E-state index contributed by atoms with van der Waals surface area (Å²) in [5.41, 5.74) is 1.73. The first-order valence-corrected chi connectivity index (χ1v) is 6.48. The molecule has 0 bridgehead atoms. The summed E-state index contributed by atoms with van der Waals surface area (Å²) in [7, 11) is 0. The molecule has 5 heteroatoms. The van der Waals surface area contributed by atoms with Crippen molar-refractivity contribution in [2.24, 2.45) is 0 Å². The van der Waals surface area contributed by atoms with E-state index in [0.717, 1.165) is 26.9 Å². The highest BCUT2D eigenvalue weighted by atomic mass is 79.9. The second kappa shape index (κ2) is 4.85. The van der Waals surface area contributed by atoms with E-state index in [4.69, 9.17) is 0 Å². The van der Waals surface area contributed by atoms with Crippen LogP contribution in [-0.2, 0) is 0 Å². The summed E-state index contributed by atoms with van der Waals surface area (Å²) in [5, 5.41) is 13.4. The Morgan fingerprint density at radius 3 is 2.58 bits per heavy atom. The molecule has 0 saturated heterocycles. The van der Waals surface area contributed by atoms with Crippen LogP contribution in [0.25, 0.3) is 10.9 Å². The number of benzene rings is 2. The predicted molar refractivity (Wildman–Crippen MR) is 78.6 cm³/mol. The number of hydrogen-bond acceptors (Lipinski definition) is 4. The van der Waals surface area contributed by atoms with Gasteiger partial charge < -0.3 is 10.4 Å². The molecular formula is C14H10BrN3O. The van der Waals surface area contributed by atoms with Crippen molar-refractivity contribution in [3.8, 4) is 5.75 Å². The van der Waals surface area contributed by atoms with Gasteiger partial charge in [0.2, 0.25) is 0 Å². The first-order valence-electron chi connectivity index (χ1n) is 5.69. The molecule has 0 aliphatic rings. The number of hydrogen-bond donors (Lipinski definition) is 2. The van der Waals surface area contributed by atoms with Crippen molar-refractivity contribution < 1.29 is 5.11 Å². The number of nitrogens with zero attached hydrogens (tertiary/aromatic N) is 2. The number of anilines is 2. The van der Waals surface area contributed by atoms with Crippen LogP contribution in [0.1, 0.15) is 0 Å². The SMILES string of the molecule is Oc1ccc(Nc2ncnc3ccc(Br)cc23)cc1. The maximum Gasteiger partial charge on any atom is 0.141 e. The lowest BCUT2D eigenvalue weighted by Crippen LogP contribution is -1.95. The van der Waals surface area contributed by atoms with Gasteiger partial charge in [0.15, 0.2) is 0 Å². The van der Waals surface area contributed by atoms with E-state index in [9.17, 15) is 5.11 Å². The van der Waals surface area contributed by atoms with Crippen molar-refractivity contribution in [3.63, 3.8) is 0 Å². The molecule has 2 aromatic carbocycles. The number of halogens is 1. The zero-order valence-corrected chi connectivity index (χ0v) is 11.4. The van der Waals surface area contributed by atoms with Crippen LogP contribution >= 0.6 is 15.9 Å². The van der Waals surface area contributed by atoms with Crippen molar-refractivity contribution >= 4 is 38.3 Å². The van der Waals surface area contributed by atoms with Gasteiger partial charge in [0.25, 0.3) is 0 Å². The van der Waals surface area contributed by atoms with E-state index < -0.39 is 0 Å². The van der Waals surface area contributed by atoms with Gasteiger partial charge in [-0.05, 0) is 42.5 Å². The standard InChI is InChI=1S/C14H10BrN3O/c15-9-1-6-13-12(7-9)14(17-8-16-13)18-10-2-4-11(19)5-3-10/h1-8,19H,(H,16,17,18). The summed E-state index contributed by atoms with van der Waals surface area (Å²) < 4.78 is 0.976. The third-order valence-electron chi connectivity index (χ3n) is 2.73. The fraction of sp³-hybridized carbons (Fsp3) is 0. The zero-order valence-electron chi connectivity index (χ0n) is 9.84. The Morgan fingerprint density at radius 2 is 1.79 bits per heavy atom. The van der Waals surface area contributed by atoms with Gasteiger partial charge in [-0.2, -0.15) is 0 Å². The number of fused-ring (bicyclic) bond motifs is 1. The summed E-state index contributed by atoms with van der Waals surface area (Å²) in [5.74, 6) is 0.970. The van der Waals surface area contributed by atoms with Crippen LogP contribution in [0.2, 0.25) is 0 Å². The molecule has 0 aliphatic carbocycles. The molecular weight excluding hydrogens is 306 g/mol. The largest absolute Gasteiger partial charge is 0.508 e. The van der Waals surface area contributed by atoms with E-state index in [2.05, 4.69) is 31.2 Å². The van der Waals surface area contributed by atoms with Crippen LogP contribution in [0, 0.1) is 0 Å². The van der Waals surface area contributed by atoms with E-state index in [1.807, 2.05) is 18.2 Å². The Kier molecular flexibility index (Phi) is 3.05. The lowest BCUT2D eigenvalue weighted by atomic mass is 10.2. The van der Waals surface area contributed by atoms with E-state index >= 15 is 0 Å². The number of nitrogens with one attached hydrogen (secondary N) is 1. The summed E-state index contributed by atoms with van der Waals surface area (Å²) in [6.07, 6.45) is 1.53. The van der Waals surface area contributed by atoms with Crippen molar-refractivity contribution in [2.45, 2.75) is 0 Å². The molecule has 0 radical (unpaired) electrons. The number of aromatic hydroxyl groups is 1. The molecule has 1 aromatic heterocycles. The minimum atomic E-state index is 0.237. The van der Waals surface area contributed by atoms with Gasteiger partial charge in [-0.25, -0.2) is 9.97 Å². The first-order chi connectivity index (χ1) is 9.22. The smallest absolute Gasteiger partial charge is 0.141 e. The van der Waals surface area contributed by atoms with E-state index in [1.165, 1.54) is 6.33 Å². The molecule has 94 valence electrons. The third kappa shape index (κ3) is 2.51. The molecule has 2 N–H and O–H groups in total. The molecule has 0 fully saturated rings. The van der Waals surface area contributed by atoms with Gasteiger partial charge in [-0.3, -0.25) is 0 Å². The molecule has 3 rings (SSSR count). The van der Waals surface area contributed by atoms with Gasteiger partial charge in [0, 0.05) is 15.5 Å². The van der Waals surface area contributed by atoms with Crippen LogP contribution in [0.5, 0.6) is 5.75 Å². The maximum atomic E-state index is 9.27. The number of phenols is 1. The highest BCUT2D eigenvalue weighted by Crippen LogP contribution is 2.26. The molecule has 0 unspecified atom stereocenters. The van der Waals surface area contributed by atoms with Crippen molar-refractivity contribution in [1.82, 2.24) is 9.97 Å². The lowest BCUT2D eigenvalue weighted by molar-refractivity contribution is 0.475. The number of phenolic OH excluding ortho intramolecular Hbond substituents is 1. The predicted octanol–water partition coefficient (Wildman–Crippen LogP) is 3.84. The molecule has 19 heavy (non-hydrogen) atoms. The van der Waals surface area contributed by atoms with Gasteiger partial charge in [0.05, 0.1) is 5.52 Å². The fourth-order valence-corrected chi connectivity index (χ4v) is 2.17. The normalized spacial score (nSPS) is 10.6. The number of rotatable bonds is 2. The average Bonchev–Trinajstić information content (AvgIpc) is 2.42. The summed E-state index contributed by atoms with van der Waals surface area (Å²) in [6, 6.07) is 12.7. The summed E-state index contributed by atoms with van der Waals surface area (Å²) in [4.78, 5) is 8.49. The molecule has 1 heterocycles. The van der Waals surface area contributed by atoms with Crippen molar-refractivity contribution in [1.29, 1.82) is 0 Å². The third-order valence-corrected chi connectivity index (χ3v) is 3.22. The maximum absolute atomic E-state index is 9.27. The average molecular weight is 316 g/mol. The Morgan fingerprint density at radius 1 is 1.00 bits per heavy atom. The molecule has 0 atom stereocenters. The summed E-state index contributed by atoms with van der Waals surface area (Å²) in [6.45, 7) is 0. The second-order valence-electron chi connectivity index (χ2n) is 4.06. The Balaban J connectivity index is 2.05. The van der Waals surface area contributed by atoms with Crippen molar-refractivity contribution in [3.05, 3.63) is 53.3 Å². The van der Waals surface area contributed by atoms with Crippen LogP contribution in [0.3, 0.4) is 0 Å². The first kappa shape index (κ1) is 11.9. The van der Waals surface area contributed by atoms with Gasteiger partial charge in [-0.1, -0.05) is 15.9 Å². The fourth-order valence-electron chi connectivity index (χ4n) is 1.81. The quantitative estimate of drug-likeness (QED) is 0.705. The molecule has 0 amide bonds. The van der Waals surface area contributed by atoms with Crippen LogP contribution in [0.15, 0.2) is 53.3 Å². The summed E-state index contributed by atoms with van der Waals surface area (Å²) >= 11 is 3.45. The monoisotopic (exact) mass is 315 g/mol. The van der Waals surface area contributed by atoms with Crippen LogP contribution in [0.4, 0.5) is 11.5 Å². The Labute approximate surface area is 118 Å². The molecule has 0 saturated carbocycles. The van der Waals surface area contributed by atoms with E-state index in [1.54, 1.807) is 24.3 Å². The van der Waals surface area contributed by atoms with Gasteiger partial charge >= 0.3 is 0 Å². The van der Waals surface area contributed by atoms with Crippen LogP contribution in [-0.4, -0.2) is 15.1 Å². The van der Waals surface area contributed by atoms with E-state index in [0.29, 0.717) is 0 Å². The van der Waals surface area contributed by atoms with Crippen LogP contribution < -0.4 is 5.32 Å². The Bertz CT molecular complexity index is 728. The zero-order chi connectivity index (χ0) is 13.2. The Hall–Kier alpha value is -2.14. The lowest BCUT2D eigenvalue weighted by Gasteiger charge is -2.08. The number of aromatic nitrogens is 2. The van der Waals surface area contributed by atoms with Gasteiger partial charge in [0.1, 0.15) is 17.9 Å². The minimum absolute atomic E-state index is 0.237. The van der Waals surface area contributed by atoms with Crippen molar-refractivity contribution in [2.75, 3.05) is 5.32 Å². The second-order valence-corrected chi connectivity index (χ2v) is 4.97. The highest BCUT2D eigenvalue weighted by Gasteiger charge is 2.04. The molecule has 3 aromatic rings. The molecule has 0 spiro atoms. The minimum Gasteiger partial charge on any atom is -0.508 e. The highest BCUT2D eigenvalue weighted by molar-refractivity contribution is 9.10. The topological polar surface area (TPSA) is 58.0 Å². The van der Waals surface area contributed by atoms with Gasteiger partial charge in [-0.15, -0.1) is 0 Å². The van der Waals surface area contributed by atoms with E-state index in [-0.39, 0.29) is 5.75 Å².